The number of carbonyl (C=O) groups is 1. The van der Waals surface area contributed by atoms with Crippen LogP contribution in [0.4, 0.5) is 17.5 Å². The summed E-state index contributed by atoms with van der Waals surface area (Å²) in [6.45, 7) is 3.87. The van der Waals surface area contributed by atoms with E-state index in [9.17, 15) is 14.9 Å². The van der Waals surface area contributed by atoms with Crippen LogP contribution in [0.1, 0.15) is 46.0 Å². The summed E-state index contributed by atoms with van der Waals surface area (Å²) >= 11 is 0. The van der Waals surface area contributed by atoms with Crippen molar-refractivity contribution in [3.8, 4) is 11.8 Å². The number of nitrogens with one attached hydrogen (secondary N) is 3. The minimum absolute atomic E-state index is 0.0233. The van der Waals surface area contributed by atoms with Crippen molar-refractivity contribution in [2.45, 2.75) is 26.4 Å². The summed E-state index contributed by atoms with van der Waals surface area (Å²) in [4.78, 5) is 39.0. The smallest absolute Gasteiger partial charge is 0.274 e. The summed E-state index contributed by atoms with van der Waals surface area (Å²) in [5, 5.41) is 25.4. The molecule has 0 aliphatic heterocycles. The monoisotopic (exact) mass is 561 g/mol. The third-order valence-corrected chi connectivity index (χ3v) is 6.70. The minimum atomic E-state index is -0.599. The van der Waals surface area contributed by atoms with Gasteiger partial charge < -0.3 is 16.4 Å². The first-order chi connectivity index (χ1) is 20.3. The molecule has 6 N–H and O–H groups in total. The maximum atomic E-state index is 14.2. The molecule has 0 bridgehead atoms. The third kappa shape index (κ3) is 5.45. The molecule has 5 aromatic rings. The number of para-hydroxylation sites is 1. The Bertz CT molecular complexity index is 1880. The minimum Gasteiger partial charge on any atom is -0.380 e. The van der Waals surface area contributed by atoms with E-state index in [4.69, 9.17) is 15.9 Å². The van der Waals surface area contributed by atoms with Gasteiger partial charge in [-0.1, -0.05) is 36.4 Å². The van der Waals surface area contributed by atoms with Crippen LogP contribution in [-0.2, 0) is 6.54 Å². The number of nitrogens with zero attached hydrogens (tertiary/aromatic N) is 5. The molecule has 0 aliphatic carbocycles. The van der Waals surface area contributed by atoms with E-state index in [0.717, 1.165) is 5.56 Å². The second kappa shape index (κ2) is 11.7. The van der Waals surface area contributed by atoms with Crippen molar-refractivity contribution < 1.29 is 10.0 Å². The highest BCUT2D eigenvalue weighted by Crippen LogP contribution is 2.26. The molecule has 42 heavy (non-hydrogen) atoms. The number of fused-ring (bicyclic) bond motifs is 1. The first-order valence-corrected chi connectivity index (χ1v) is 13.0. The highest BCUT2D eigenvalue weighted by Gasteiger charge is 2.22. The number of nitrogen functional groups attached to an aromatic ring is 1. The van der Waals surface area contributed by atoms with Gasteiger partial charge in [-0.15, -0.1) is 0 Å². The molecule has 210 valence electrons. The second-order valence-electron chi connectivity index (χ2n) is 9.51. The fourth-order valence-corrected chi connectivity index (χ4v) is 4.65. The van der Waals surface area contributed by atoms with E-state index in [1.54, 1.807) is 48.8 Å². The highest BCUT2D eigenvalue weighted by atomic mass is 16.5. The fourth-order valence-electron chi connectivity index (χ4n) is 4.65. The first kappa shape index (κ1) is 27.8. The predicted molar refractivity (Wildman–Crippen MR) is 158 cm³/mol. The molecule has 5 rings (SSSR count). The zero-order valence-electron chi connectivity index (χ0n) is 22.8. The molecule has 0 fully saturated rings. The Morgan fingerprint density at radius 1 is 1.05 bits per heavy atom. The summed E-state index contributed by atoms with van der Waals surface area (Å²) in [6.07, 6.45) is 0. The Hall–Kier alpha value is -5.80. The number of hydrogen-bond acceptors (Lipinski definition) is 10. The molecule has 0 radical (unpaired) electrons. The number of benzene rings is 3. The van der Waals surface area contributed by atoms with Crippen molar-refractivity contribution in [3.63, 3.8) is 0 Å². The molecule has 0 spiro atoms. The number of aromatic nitrogens is 4. The number of rotatable bonds is 8. The van der Waals surface area contributed by atoms with E-state index >= 15 is 0 Å². The van der Waals surface area contributed by atoms with Crippen molar-refractivity contribution in [1.29, 1.82) is 5.26 Å². The van der Waals surface area contributed by atoms with Crippen LogP contribution in [0.25, 0.3) is 16.6 Å². The van der Waals surface area contributed by atoms with Crippen molar-refractivity contribution in [2.24, 2.45) is 0 Å². The van der Waals surface area contributed by atoms with Crippen LogP contribution in [-0.4, -0.2) is 30.6 Å². The van der Waals surface area contributed by atoms with Gasteiger partial charge in [0.2, 0.25) is 5.95 Å². The topological polar surface area (TPSA) is 184 Å². The van der Waals surface area contributed by atoms with Crippen LogP contribution < -0.4 is 27.4 Å². The summed E-state index contributed by atoms with van der Waals surface area (Å²) in [5.41, 5.74) is 10.7. The number of carbonyl (C=O) groups excluding carboxylic acids is 1. The number of hydroxylamine groups is 1. The molecule has 1 unspecified atom stereocenters. The Morgan fingerprint density at radius 2 is 1.79 bits per heavy atom. The zero-order chi connectivity index (χ0) is 29.8. The fraction of sp³-hybridized carbons (Fsp3) is 0.133. The molecular weight excluding hydrogens is 534 g/mol. The lowest BCUT2D eigenvalue weighted by Crippen LogP contribution is -2.28. The van der Waals surface area contributed by atoms with Crippen molar-refractivity contribution in [2.75, 3.05) is 16.4 Å². The summed E-state index contributed by atoms with van der Waals surface area (Å²) in [5.74, 6) is 0.0853. The SMILES string of the molecule is Cc1nc(N)nc(NC(C)c2nc3cccc(NCc4ccc(C(=O)NO)cc4)c3c(=O)n2-c2ccccc2)c1C#N. The maximum Gasteiger partial charge on any atom is 0.274 e. The predicted octanol–water partition coefficient (Wildman–Crippen LogP) is 3.84. The van der Waals surface area contributed by atoms with Crippen LogP contribution in [0.5, 0.6) is 0 Å². The van der Waals surface area contributed by atoms with Crippen LogP contribution in [0.2, 0.25) is 0 Å². The lowest BCUT2D eigenvalue weighted by Gasteiger charge is -2.21. The molecule has 0 saturated heterocycles. The van der Waals surface area contributed by atoms with Gasteiger partial charge in [0.1, 0.15) is 23.3 Å². The van der Waals surface area contributed by atoms with E-state index in [1.807, 2.05) is 43.3 Å². The molecule has 1 amide bonds. The van der Waals surface area contributed by atoms with Gasteiger partial charge in [-0.25, -0.2) is 15.4 Å². The number of anilines is 3. The largest absolute Gasteiger partial charge is 0.380 e. The van der Waals surface area contributed by atoms with E-state index in [-0.39, 0.29) is 22.9 Å². The first-order valence-electron chi connectivity index (χ1n) is 13.0. The van der Waals surface area contributed by atoms with Crippen LogP contribution in [0, 0.1) is 18.3 Å². The van der Waals surface area contributed by atoms with Crippen LogP contribution in [0.3, 0.4) is 0 Å². The zero-order valence-corrected chi connectivity index (χ0v) is 22.8. The van der Waals surface area contributed by atoms with Gasteiger partial charge in [0.05, 0.1) is 28.3 Å². The lowest BCUT2D eigenvalue weighted by atomic mass is 10.1. The van der Waals surface area contributed by atoms with Gasteiger partial charge in [0, 0.05) is 17.8 Å². The molecular formula is C30H27N9O3. The second-order valence-corrected chi connectivity index (χ2v) is 9.51. The Kier molecular flexibility index (Phi) is 7.76. The normalized spacial score (nSPS) is 11.5. The Labute approximate surface area is 240 Å². The molecule has 12 heteroatoms. The van der Waals surface area contributed by atoms with Gasteiger partial charge >= 0.3 is 0 Å². The van der Waals surface area contributed by atoms with Gasteiger partial charge in [0.25, 0.3) is 11.5 Å². The summed E-state index contributed by atoms with van der Waals surface area (Å²) < 4.78 is 1.54. The number of nitriles is 1. The Balaban J connectivity index is 1.57. The summed E-state index contributed by atoms with van der Waals surface area (Å²) in [7, 11) is 0. The number of hydrogen-bond donors (Lipinski definition) is 5. The molecule has 2 heterocycles. The van der Waals surface area contributed by atoms with Crippen LogP contribution >= 0.6 is 0 Å². The molecule has 12 nitrogen and oxygen atoms in total. The summed E-state index contributed by atoms with van der Waals surface area (Å²) in [6, 6.07) is 22.8. The average Bonchev–Trinajstić information content (AvgIpc) is 3.00. The van der Waals surface area contributed by atoms with Gasteiger partial charge in [-0.2, -0.15) is 10.2 Å². The number of aryl methyl sites for hydroxylation is 1. The van der Waals surface area contributed by atoms with E-state index in [2.05, 4.69) is 26.7 Å². The maximum absolute atomic E-state index is 14.2. The quantitative estimate of drug-likeness (QED) is 0.138. The van der Waals surface area contributed by atoms with E-state index in [0.29, 0.717) is 45.9 Å². The van der Waals surface area contributed by atoms with Crippen molar-refractivity contribution in [3.05, 3.63) is 111 Å². The highest BCUT2D eigenvalue weighted by molar-refractivity contribution is 5.93. The molecule has 3 aromatic carbocycles. The van der Waals surface area contributed by atoms with E-state index in [1.165, 1.54) is 4.57 Å². The molecule has 2 aromatic heterocycles. The van der Waals surface area contributed by atoms with Gasteiger partial charge in [-0.05, 0) is 55.8 Å². The Morgan fingerprint density at radius 3 is 2.48 bits per heavy atom. The number of nitrogens with two attached hydrogens (primary N) is 1. The van der Waals surface area contributed by atoms with Crippen molar-refractivity contribution >= 4 is 34.3 Å². The van der Waals surface area contributed by atoms with Gasteiger partial charge in [-0.3, -0.25) is 19.4 Å². The molecule has 0 saturated carbocycles. The number of amides is 1. The third-order valence-electron chi connectivity index (χ3n) is 6.70. The van der Waals surface area contributed by atoms with Crippen LogP contribution in [0.15, 0.2) is 77.6 Å². The van der Waals surface area contributed by atoms with Crippen molar-refractivity contribution in [1.82, 2.24) is 25.0 Å². The van der Waals surface area contributed by atoms with Gasteiger partial charge in [0.15, 0.2) is 0 Å². The standard InChI is InChI=1S/C30H27N9O3/c1-17-22(15-31)26(37-30(32)35-17)34-18(2)27-36-24-10-6-9-23(25(24)29(41)39(27)21-7-4-3-5-8-21)33-16-19-11-13-20(14-12-19)28(40)38-42/h3-14,18,33,42H,16H2,1-2H3,(H,38,40)(H3,32,34,35,37). The molecule has 1 atom stereocenters. The molecule has 0 aliphatic rings. The lowest BCUT2D eigenvalue weighted by molar-refractivity contribution is 0.0706. The van der Waals surface area contributed by atoms with E-state index < -0.39 is 11.9 Å². The average molecular weight is 562 g/mol.